The van der Waals surface area contributed by atoms with E-state index in [9.17, 15) is 0 Å². The maximum absolute atomic E-state index is 5.38. The van der Waals surface area contributed by atoms with Gasteiger partial charge in [0.15, 0.2) is 0 Å². The van der Waals surface area contributed by atoms with Crippen molar-refractivity contribution in [2.24, 2.45) is 0 Å². The first-order valence-electron chi connectivity index (χ1n) is 5.62. The number of alkyl halides is 1. The number of hydrogen-bond acceptors (Lipinski definition) is 3. The van der Waals surface area contributed by atoms with E-state index < -0.39 is 0 Å². The minimum atomic E-state index is 0.424. The van der Waals surface area contributed by atoms with E-state index in [4.69, 9.17) is 4.74 Å². The van der Waals surface area contributed by atoms with E-state index in [0.717, 1.165) is 37.1 Å². The SMILES string of the molecule is COC1CCN(c2ncccc2CBr)CC1. The molecule has 4 heteroatoms. The highest BCUT2D eigenvalue weighted by Gasteiger charge is 2.20. The summed E-state index contributed by atoms with van der Waals surface area (Å²) in [5.41, 5.74) is 1.26. The summed E-state index contributed by atoms with van der Waals surface area (Å²) < 4.78 is 5.38. The van der Waals surface area contributed by atoms with Gasteiger partial charge in [-0.2, -0.15) is 0 Å². The number of hydrogen-bond donors (Lipinski definition) is 0. The average molecular weight is 285 g/mol. The van der Waals surface area contributed by atoms with Crippen molar-refractivity contribution in [1.29, 1.82) is 0 Å². The van der Waals surface area contributed by atoms with Crippen LogP contribution in [0.15, 0.2) is 18.3 Å². The van der Waals surface area contributed by atoms with Gasteiger partial charge in [-0.3, -0.25) is 0 Å². The third-order valence-electron chi connectivity index (χ3n) is 3.09. The van der Waals surface area contributed by atoms with Crippen molar-refractivity contribution in [2.45, 2.75) is 24.3 Å². The second-order valence-electron chi connectivity index (χ2n) is 4.04. The standard InChI is InChI=1S/C12H17BrN2O/c1-16-11-4-7-15(8-5-11)12-10(9-13)3-2-6-14-12/h2-3,6,11H,4-5,7-9H2,1H3. The summed E-state index contributed by atoms with van der Waals surface area (Å²) in [6, 6.07) is 4.11. The molecular weight excluding hydrogens is 268 g/mol. The maximum Gasteiger partial charge on any atom is 0.132 e. The smallest absolute Gasteiger partial charge is 0.132 e. The monoisotopic (exact) mass is 284 g/mol. The Morgan fingerprint density at radius 2 is 2.25 bits per heavy atom. The molecular formula is C12H17BrN2O. The van der Waals surface area contributed by atoms with Crippen LogP contribution in [0.25, 0.3) is 0 Å². The Morgan fingerprint density at radius 3 is 2.88 bits per heavy atom. The molecule has 0 spiro atoms. The average Bonchev–Trinajstić information content (AvgIpc) is 2.39. The first-order valence-corrected chi connectivity index (χ1v) is 6.75. The molecule has 16 heavy (non-hydrogen) atoms. The molecule has 3 nitrogen and oxygen atoms in total. The predicted molar refractivity (Wildman–Crippen MR) is 69.1 cm³/mol. The van der Waals surface area contributed by atoms with E-state index in [1.54, 1.807) is 7.11 Å². The van der Waals surface area contributed by atoms with Gasteiger partial charge in [0, 0.05) is 37.3 Å². The van der Waals surface area contributed by atoms with E-state index in [0.29, 0.717) is 6.10 Å². The van der Waals surface area contributed by atoms with Gasteiger partial charge in [-0.15, -0.1) is 0 Å². The fourth-order valence-corrected chi connectivity index (χ4v) is 2.56. The second kappa shape index (κ2) is 5.64. The molecule has 0 unspecified atom stereocenters. The lowest BCUT2D eigenvalue weighted by Crippen LogP contribution is -2.37. The minimum Gasteiger partial charge on any atom is -0.381 e. The van der Waals surface area contributed by atoms with Gasteiger partial charge in [0.2, 0.25) is 0 Å². The van der Waals surface area contributed by atoms with Crippen LogP contribution in [0.3, 0.4) is 0 Å². The molecule has 0 atom stereocenters. The van der Waals surface area contributed by atoms with Crippen LogP contribution in [0.5, 0.6) is 0 Å². The molecule has 1 aliphatic rings. The van der Waals surface area contributed by atoms with Gasteiger partial charge in [-0.25, -0.2) is 4.98 Å². The Labute approximate surface area is 105 Å². The van der Waals surface area contributed by atoms with E-state index >= 15 is 0 Å². The van der Waals surface area contributed by atoms with Crippen molar-refractivity contribution >= 4 is 21.7 Å². The molecule has 0 saturated carbocycles. The van der Waals surface area contributed by atoms with E-state index in [1.807, 2.05) is 12.3 Å². The van der Waals surface area contributed by atoms with E-state index in [1.165, 1.54) is 5.56 Å². The molecule has 0 bridgehead atoms. The fourth-order valence-electron chi connectivity index (χ4n) is 2.12. The van der Waals surface area contributed by atoms with Gasteiger partial charge in [0.1, 0.15) is 5.82 Å². The number of anilines is 1. The summed E-state index contributed by atoms with van der Waals surface area (Å²) in [6.07, 6.45) is 4.47. The van der Waals surface area contributed by atoms with Gasteiger partial charge in [-0.05, 0) is 18.9 Å². The maximum atomic E-state index is 5.38. The predicted octanol–water partition coefficient (Wildman–Crippen LogP) is 2.59. The Balaban J connectivity index is 2.07. The van der Waals surface area contributed by atoms with Crippen LogP contribution in [0.4, 0.5) is 5.82 Å². The summed E-state index contributed by atoms with van der Waals surface area (Å²) in [6.45, 7) is 2.07. The summed E-state index contributed by atoms with van der Waals surface area (Å²) in [5.74, 6) is 1.12. The Hall–Kier alpha value is -0.610. The molecule has 1 aliphatic heterocycles. The van der Waals surface area contributed by atoms with Crippen LogP contribution >= 0.6 is 15.9 Å². The number of pyridine rings is 1. The van der Waals surface area contributed by atoms with Crippen molar-refractivity contribution in [3.05, 3.63) is 23.9 Å². The summed E-state index contributed by atoms with van der Waals surface area (Å²) in [5, 5.41) is 0.861. The lowest BCUT2D eigenvalue weighted by molar-refractivity contribution is 0.0818. The van der Waals surface area contributed by atoms with Gasteiger partial charge >= 0.3 is 0 Å². The number of methoxy groups -OCH3 is 1. The minimum absolute atomic E-state index is 0.424. The van der Waals surface area contributed by atoms with Crippen LogP contribution in [-0.2, 0) is 10.1 Å². The molecule has 0 aromatic carbocycles. The van der Waals surface area contributed by atoms with E-state index in [-0.39, 0.29) is 0 Å². The normalized spacial score (nSPS) is 17.8. The molecule has 0 N–H and O–H groups in total. The number of aromatic nitrogens is 1. The van der Waals surface area contributed by atoms with Crippen molar-refractivity contribution < 1.29 is 4.74 Å². The number of ether oxygens (including phenoxy) is 1. The highest BCUT2D eigenvalue weighted by Crippen LogP contribution is 2.23. The fraction of sp³-hybridized carbons (Fsp3) is 0.583. The summed E-state index contributed by atoms with van der Waals surface area (Å²) in [7, 11) is 1.80. The third kappa shape index (κ3) is 2.55. The third-order valence-corrected chi connectivity index (χ3v) is 3.69. The van der Waals surface area contributed by atoms with Gasteiger partial charge in [0.25, 0.3) is 0 Å². The van der Waals surface area contributed by atoms with Gasteiger partial charge in [0.05, 0.1) is 6.10 Å². The number of nitrogens with zero attached hydrogens (tertiary/aromatic N) is 2. The van der Waals surface area contributed by atoms with Crippen molar-refractivity contribution in [3.63, 3.8) is 0 Å². The number of piperidine rings is 1. The van der Waals surface area contributed by atoms with Crippen molar-refractivity contribution in [3.8, 4) is 0 Å². The molecule has 0 radical (unpaired) electrons. The number of rotatable bonds is 3. The molecule has 2 rings (SSSR count). The largest absolute Gasteiger partial charge is 0.381 e. The zero-order valence-corrected chi connectivity index (χ0v) is 11.1. The van der Waals surface area contributed by atoms with Gasteiger partial charge < -0.3 is 9.64 Å². The van der Waals surface area contributed by atoms with Crippen LogP contribution in [0.2, 0.25) is 0 Å². The first kappa shape index (κ1) is 11.9. The Morgan fingerprint density at radius 1 is 1.50 bits per heavy atom. The molecule has 1 aromatic heterocycles. The highest BCUT2D eigenvalue weighted by atomic mass is 79.9. The molecule has 1 aromatic rings. The molecule has 2 heterocycles. The molecule has 1 saturated heterocycles. The highest BCUT2D eigenvalue weighted by molar-refractivity contribution is 9.08. The van der Waals surface area contributed by atoms with E-state index in [2.05, 4.69) is 31.9 Å². The van der Waals surface area contributed by atoms with Crippen molar-refractivity contribution in [2.75, 3.05) is 25.1 Å². The Kier molecular flexibility index (Phi) is 4.18. The van der Waals surface area contributed by atoms with Crippen LogP contribution in [0.1, 0.15) is 18.4 Å². The Bertz CT molecular complexity index is 338. The van der Waals surface area contributed by atoms with Crippen molar-refractivity contribution in [1.82, 2.24) is 4.98 Å². The zero-order valence-electron chi connectivity index (χ0n) is 9.53. The molecule has 0 aliphatic carbocycles. The molecule has 1 fully saturated rings. The lowest BCUT2D eigenvalue weighted by Gasteiger charge is -2.33. The molecule has 88 valence electrons. The van der Waals surface area contributed by atoms with Crippen LogP contribution < -0.4 is 4.90 Å². The summed E-state index contributed by atoms with van der Waals surface area (Å²) >= 11 is 3.51. The molecule has 0 amide bonds. The second-order valence-corrected chi connectivity index (χ2v) is 4.60. The first-order chi connectivity index (χ1) is 7.85. The zero-order chi connectivity index (χ0) is 11.4. The lowest BCUT2D eigenvalue weighted by atomic mass is 10.1. The summed E-state index contributed by atoms with van der Waals surface area (Å²) in [4.78, 5) is 6.83. The quantitative estimate of drug-likeness (QED) is 0.798. The van der Waals surface area contributed by atoms with Crippen LogP contribution in [0, 0.1) is 0 Å². The van der Waals surface area contributed by atoms with Crippen LogP contribution in [-0.4, -0.2) is 31.3 Å². The number of halogens is 1. The topological polar surface area (TPSA) is 25.4 Å². The van der Waals surface area contributed by atoms with Gasteiger partial charge in [-0.1, -0.05) is 22.0 Å².